The fraction of sp³-hybridized carbons (Fsp3) is 0.300. The normalized spacial score (nSPS) is 12.1. The highest BCUT2D eigenvalue weighted by atomic mass is 16.6. The van der Waals surface area contributed by atoms with Crippen LogP contribution in [0.1, 0.15) is 26.3 Å². The van der Waals surface area contributed by atoms with Crippen molar-refractivity contribution in [3.8, 4) is 0 Å². The SMILES string of the molecule is CC(C)(C)OC(=O)N[C@@H](Cc1ccc(N)cc1)C(=O)Nc1ccccc1. The molecule has 1 atom stereocenters. The van der Waals surface area contributed by atoms with Crippen LogP contribution in [-0.4, -0.2) is 23.6 Å². The second kappa shape index (κ2) is 8.38. The number of hydrogen-bond acceptors (Lipinski definition) is 4. The highest BCUT2D eigenvalue weighted by Crippen LogP contribution is 2.12. The van der Waals surface area contributed by atoms with Crippen LogP contribution in [0.3, 0.4) is 0 Å². The predicted octanol–water partition coefficient (Wildman–Crippen LogP) is 3.34. The zero-order chi connectivity index (χ0) is 19.2. The number of anilines is 2. The number of alkyl carbamates (subject to hydrolysis) is 1. The fourth-order valence-corrected chi connectivity index (χ4v) is 2.30. The third-order valence-electron chi connectivity index (χ3n) is 3.47. The number of carbonyl (C=O) groups excluding carboxylic acids is 2. The second-order valence-corrected chi connectivity index (χ2v) is 7.00. The quantitative estimate of drug-likeness (QED) is 0.717. The van der Waals surface area contributed by atoms with Crippen LogP contribution in [0, 0.1) is 0 Å². The summed E-state index contributed by atoms with van der Waals surface area (Å²) in [7, 11) is 0. The van der Waals surface area contributed by atoms with E-state index in [0.717, 1.165) is 5.56 Å². The monoisotopic (exact) mass is 355 g/mol. The van der Waals surface area contributed by atoms with Crippen molar-refractivity contribution in [2.24, 2.45) is 0 Å². The summed E-state index contributed by atoms with van der Waals surface area (Å²) in [5.74, 6) is -0.320. The molecule has 0 heterocycles. The number of nitrogens with two attached hydrogens (primary N) is 1. The summed E-state index contributed by atoms with van der Waals surface area (Å²) in [4.78, 5) is 24.8. The smallest absolute Gasteiger partial charge is 0.408 e. The van der Waals surface area contributed by atoms with Crippen molar-refractivity contribution in [1.29, 1.82) is 0 Å². The maximum Gasteiger partial charge on any atom is 0.408 e. The van der Waals surface area contributed by atoms with Gasteiger partial charge in [-0.2, -0.15) is 0 Å². The number of carbonyl (C=O) groups is 2. The first-order valence-electron chi connectivity index (χ1n) is 8.43. The van der Waals surface area contributed by atoms with E-state index in [2.05, 4.69) is 10.6 Å². The molecular formula is C20H25N3O3. The molecule has 0 saturated heterocycles. The Balaban J connectivity index is 2.12. The Hall–Kier alpha value is -3.02. The first-order valence-corrected chi connectivity index (χ1v) is 8.43. The van der Waals surface area contributed by atoms with Gasteiger partial charge in [-0.25, -0.2) is 4.79 Å². The highest BCUT2D eigenvalue weighted by Gasteiger charge is 2.24. The molecule has 138 valence electrons. The standard InChI is InChI=1S/C20H25N3O3/c1-20(2,3)26-19(25)23-17(13-14-9-11-15(21)12-10-14)18(24)22-16-7-5-4-6-8-16/h4-12,17H,13,21H2,1-3H3,(H,22,24)(H,23,25)/t17-/m0/s1. The minimum atomic E-state index is -0.784. The Kier molecular flexibility index (Phi) is 6.22. The molecule has 0 aliphatic rings. The molecule has 2 aromatic carbocycles. The predicted molar refractivity (Wildman–Crippen MR) is 103 cm³/mol. The zero-order valence-corrected chi connectivity index (χ0v) is 15.3. The largest absolute Gasteiger partial charge is 0.444 e. The van der Waals surface area contributed by atoms with E-state index in [0.29, 0.717) is 17.8 Å². The molecule has 0 aromatic heterocycles. The van der Waals surface area contributed by atoms with Gasteiger partial charge in [0.05, 0.1) is 0 Å². The van der Waals surface area contributed by atoms with E-state index in [-0.39, 0.29) is 5.91 Å². The molecule has 4 N–H and O–H groups in total. The average molecular weight is 355 g/mol. The number of nitrogens with one attached hydrogen (secondary N) is 2. The van der Waals surface area contributed by atoms with Crippen molar-refractivity contribution >= 4 is 23.4 Å². The number of ether oxygens (including phenoxy) is 1. The van der Waals surface area contributed by atoms with Crippen LogP contribution < -0.4 is 16.4 Å². The molecule has 0 aliphatic heterocycles. The summed E-state index contributed by atoms with van der Waals surface area (Å²) in [6, 6.07) is 15.5. The van der Waals surface area contributed by atoms with Crippen LogP contribution in [0.5, 0.6) is 0 Å². The van der Waals surface area contributed by atoms with Gasteiger partial charge in [-0.15, -0.1) is 0 Å². The van der Waals surface area contributed by atoms with Gasteiger partial charge in [0.2, 0.25) is 5.91 Å². The minimum absolute atomic E-state index is 0.318. The molecule has 2 aromatic rings. The lowest BCUT2D eigenvalue weighted by atomic mass is 10.0. The van der Waals surface area contributed by atoms with Crippen LogP contribution in [0.2, 0.25) is 0 Å². The lowest BCUT2D eigenvalue weighted by molar-refractivity contribution is -0.118. The first kappa shape index (κ1) is 19.3. The van der Waals surface area contributed by atoms with Gasteiger partial charge in [-0.3, -0.25) is 4.79 Å². The lowest BCUT2D eigenvalue weighted by Crippen LogP contribution is -2.47. The molecule has 0 spiro atoms. The van der Waals surface area contributed by atoms with Crippen molar-refractivity contribution in [1.82, 2.24) is 5.32 Å². The lowest BCUT2D eigenvalue weighted by Gasteiger charge is -2.23. The molecule has 0 radical (unpaired) electrons. The van der Waals surface area contributed by atoms with Crippen LogP contribution in [-0.2, 0) is 16.0 Å². The summed E-state index contributed by atoms with van der Waals surface area (Å²) in [5, 5.41) is 5.46. The van der Waals surface area contributed by atoms with Crippen molar-refractivity contribution < 1.29 is 14.3 Å². The van der Waals surface area contributed by atoms with Gasteiger partial charge in [-0.1, -0.05) is 30.3 Å². The summed E-state index contributed by atoms with van der Waals surface area (Å²) in [6.45, 7) is 5.31. The van der Waals surface area contributed by atoms with Gasteiger partial charge in [0.1, 0.15) is 11.6 Å². The zero-order valence-electron chi connectivity index (χ0n) is 15.3. The third kappa shape index (κ3) is 6.47. The van der Waals surface area contributed by atoms with Crippen LogP contribution >= 0.6 is 0 Å². The van der Waals surface area contributed by atoms with Crippen LogP contribution in [0.25, 0.3) is 0 Å². The van der Waals surface area contributed by atoms with Crippen LogP contribution in [0.4, 0.5) is 16.2 Å². The Labute approximate surface area is 153 Å². The average Bonchev–Trinajstić information content (AvgIpc) is 2.55. The van der Waals surface area contributed by atoms with Crippen molar-refractivity contribution in [2.75, 3.05) is 11.1 Å². The number of amides is 2. The highest BCUT2D eigenvalue weighted by molar-refractivity contribution is 5.96. The van der Waals surface area contributed by atoms with Crippen molar-refractivity contribution in [2.45, 2.75) is 38.8 Å². The summed E-state index contributed by atoms with van der Waals surface area (Å²) < 4.78 is 5.28. The number of rotatable bonds is 5. The molecule has 0 fully saturated rings. The maximum atomic E-state index is 12.7. The molecular weight excluding hydrogens is 330 g/mol. The van der Waals surface area contributed by atoms with Crippen LogP contribution in [0.15, 0.2) is 54.6 Å². The topological polar surface area (TPSA) is 93.4 Å². The van der Waals surface area contributed by atoms with E-state index in [1.165, 1.54) is 0 Å². The van der Waals surface area contributed by atoms with E-state index in [1.54, 1.807) is 45.0 Å². The Morgan fingerprint density at radius 1 is 1.04 bits per heavy atom. The minimum Gasteiger partial charge on any atom is -0.444 e. The number of para-hydroxylation sites is 1. The van der Waals surface area contributed by atoms with Gasteiger partial charge >= 0.3 is 6.09 Å². The van der Waals surface area contributed by atoms with Gasteiger partial charge < -0.3 is 21.1 Å². The van der Waals surface area contributed by atoms with E-state index in [1.807, 2.05) is 30.3 Å². The van der Waals surface area contributed by atoms with Gasteiger partial charge in [0.25, 0.3) is 0 Å². The molecule has 2 rings (SSSR count). The van der Waals surface area contributed by atoms with Crippen molar-refractivity contribution in [3.63, 3.8) is 0 Å². The molecule has 6 nitrogen and oxygen atoms in total. The van der Waals surface area contributed by atoms with Gasteiger partial charge in [0, 0.05) is 17.8 Å². The first-order chi connectivity index (χ1) is 12.2. The molecule has 6 heteroatoms. The van der Waals surface area contributed by atoms with E-state index < -0.39 is 17.7 Å². The number of hydrogen-bond donors (Lipinski definition) is 3. The molecule has 0 bridgehead atoms. The third-order valence-corrected chi connectivity index (χ3v) is 3.47. The summed E-state index contributed by atoms with van der Waals surface area (Å²) in [6.07, 6.45) is -0.320. The van der Waals surface area contributed by atoms with E-state index in [4.69, 9.17) is 10.5 Å². The molecule has 0 aliphatic carbocycles. The van der Waals surface area contributed by atoms with Gasteiger partial charge in [0.15, 0.2) is 0 Å². The fourth-order valence-electron chi connectivity index (χ4n) is 2.30. The van der Waals surface area contributed by atoms with Crippen molar-refractivity contribution in [3.05, 3.63) is 60.2 Å². The Morgan fingerprint density at radius 3 is 2.23 bits per heavy atom. The maximum absolute atomic E-state index is 12.7. The van der Waals surface area contributed by atoms with E-state index >= 15 is 0 Å². The molecule has 0 saturated carbocycles. The number of nitrogen functional groups attached to an aromatic ring is 1. The second-order valence-electron chi connectivity index (χ2n) is 7.00. The number of benzene rings is 2. The summed E-state index contributed by atoms with van der Waals surface area (Å²) in [5.41, 5.74) is 7.23. The molecule has 0 unspecified atom stereocenters. The Morgan fingerprint density at radius 2 is 1.65 bits per heavy atom. The Bertz CT molecular complexity index is 737. The molecule has 2 amide bonds. The summed E-state index contributed by atoms with van der Waals surface area (Å²) >= 11 is 0. The van der Waals surface area contributed by atoms with Gasteiger partial charge in [-0.05, 0) is 50.6 Å². The molecule has 26 heavy (non-hydrogen) atoms. The van der Waals surface area contributed by atoms with E-state index in [9.17, 15) is 9.59 Å².